The van der Waals surface area contributed by atoms with Gasteiger partial charge in [0.25, 0.3) is 0 Å². The lowest BCUT2D eigenvalue weighted by molar-refractivity contribution is -0.121. The maximum atomic E-state index is 11.8. The Kier molecular flexibility index (Phi) is 5.52. The summed E-state index contributed by atoms with van der Waals surface area (Å²) in [4.78, 5) is 20.6. The Balaban J connectivity index is 2.10. The summed E-state index contributed by atoms with van der Waals surface area (Å²) < 4.78 is 6.80. The molecular weight excluding hydrogens is 292 g/mol. The zero-order chi connectivity index (χ0) is 15.2. The van der Waals surface area contributed by atoms with Crippen LogP contribution in [0.4, 0.5) is 0 Å². The number of carbonyl (C=O) groups is 1. The number of hydrogen-bond donors (Lipinski definition) is 1. The summed E-state index contributed by atoms with van der Waals surface area (Å²) in [5.74, 6) is 1.00. The van der Waals surface area contributed by atoms with Crippen LogP contribution in [0.15, 0.2) is 12.3 Å². The molecule has 2 aromatic rings. The number of fused-ring (bicyclic) bond motifs is 1. The molecule has 0 saturated carbocycles. The Morgan fingerprint density at radius 3 is 3.05 bits per heavy atom. The van der Waals surface area contributed by atoms with Crippen molar-refractivity contribution in [2.24, 2.45) is 0 Å². The Morgan fingerprint density at radius 2 is 2.33 bits per heavy atom. The highest BCUT2D eigenvalue weighted by atomic mass is 35.5. The second-order valence-electron chi connectivity index (χ2n) is 4.71. The lowest BCUT2D eigenvalue weighted by Gasteiger charge is -2.08. The number of aromatic nitrogens is 3. The average molecular weight is 311 g/mol. The molecule has 0 atom stereocenters. The van der Waals surface area contributed by atoms with Gasteiger partial charge in [0, 0.05) is 32.8 Å². The number of nitrogens with zero attached hydrogens (tertiary/aromatic N) is 3. The Labute approximate surface area is 128 Å². The molecular formula is C14H19ClN4O2. The third-order valence-electron chi connectivity index (χ3n) is 3.23. The maximum Gasteiger partial charge on any atom is 0.221 e. The van der Waals surface area contributed by atoms with E-state index in [-0.39, 0.29) is 5.91 Å². The van der Waals surface area contributed by atoms with E-state index < -0.39 is 0 Å². The third-order valence-corrected chi connectivity index (χ3v) is 3.46. The van der Waals surface area contributed by atoms with Crippen LogP contribution in [0.3, 0.4) is 0 Å². The lowest BCUT2D eigenvalue weighted by atomic mass is 10.3. The molecule has 7 heteroatoms. The van der Waals surface area contributed by atoms with Gasteiger partial charge in [0.05, 0.1) is 12.5 Å². The standard InChI is InChI=1S/C14H19ClN4O2/c1-10-3-5-17-14-13(10)18-11(9-15)19(14)7-4-12(20)16-6-8-21-2/h3,5H,4,6-9H2,1-2H3,(H,16,20). The second kappa shape index (κ2) is 7.38. The van der Waals surface area contributed by atoms with Crippen molar-refractivity contribution in [1.29, 1.82) is 0 Å². The van der Waals surface area contributed by atoms with Crippen LogP contribution in [0.2, 0.25) is 0 Å². The number of carbonyl (C=O) groups excluding carboxylic acids is 1. The van der Waals surface area contributed by atoms with Crippen molar-refractivity contribution >= 4 is 28.7 Å². The molecule has 0 radical (unpaired) electrons. The molecule has 114 valence electrons. The number of halogens is 1. The number of ether oxygens (including phenoxy) is 1. The molecule has 2 aromatic heterocycles. The number of nitrogens with one attached hydrogen (secondary N) is 1. The highest BCUT2D eigenvalue weighted by molar-refractivity contribution is 6.16. The number of imidazole rings is 1. The predicted molar refractivity (Wildman–Crippen MR) is 81.3 cm³/mol. The zero-order valence-corrected chi connectivity index (χ0v) is 13.0. The first-order valence-electron chi connectivity index (χ1n) is 6.79. The Hall–Kier alpha value is -1.66. The smallest absolute Gasteiger partial charge is 0.221 e. The monoisotopic (exact) mass is 310 g/mol. The first kappa shape index (κ1) is 15.7. The van der Waals surface area contributed by atoms with Crippen LogP contribution in [-0.2, 0) is 22.0 Å². The van der Waals surface area contributed by atoms with E-state index in [4.69, 9.17) is 16.3 Å². The molecule has 0 aliphatic heterocycles. The summed E-state index contributed by atoms with van der Waals surface area (Å²) in [6.45, 7) is 3.51. The summed E-state index contributed by atoms with van der Waals surface area (Å²) in [5, 5.41) is 2.79. The predicted octanol–water partition coefficient (Wildman–Crippen LogP) is 1.63. The van der Waals surface area contributed by atoms with Gasteiger partial charge in [-0.2, -0.15) is 0 Å². The van der Waals surface area contributed by atoms with E-state index >= 15 is 0 Å². The van der Waals surface area contributed by atoms with Crippen molar-refractivity contribution < 1.29 is 9.53 Å². The number of pyridine rings is 1. The molecule has 0 bridgehead atoms. The summed E-state index contributed by atoms with van der Waals surface area (Å²) in [5.41, 5.74) is 2.66. The van der Waals surface area contributed by atoms with Crippen LogP contribution in [-0.4, -0.2) is 40.7 Å². The summed E-state index contributed by atoms with van der Waals surface area (Å²) in [6, 6.07) is 1.91. The van der Waals surface area contributed by atoms with Crippen LogP contribution < -0.4 is 5.32 Å². The fourth-order valence-electron chi connectivity index (χ4n) is 2.11. The highest BCUT2D eigenvalue weighted by Gasteiger charge is 2.13. The number of amides is 1. The zero-order valence-electron chi connectivity index (χ0n) is 12.2. The molecule has 21 heavy (non-hydrogen) atoms. The molecule has 0 fully saturated rings. The quantitative estimate of drug-likeness (QED) is 0.623. The van der Waals surface area contributed by atoms with Crippen molar-refractivity contribution in [3.05, 3.63) is 23.7 Å². The normalized spacial score (nSPS) is 11.0. The topological polar surface area (TPSA) is 69.0 Å². The largest absolute Gasteiger partial charge is 0.383 e. The molecule has 1 N–H and O–H groups in total. The van der Waals surface area contributed by atoms with Crippen LogP contribution in [0.5, 0.6) is 0 Å². The molecule has 0 unspecified atom stereocenters. The van der Waals surface area contributed by atoms with Gasteiger partial charge < -0.3 is 14.6 Å². The van der Waals surface area contributed by atoms with Crippen molar-refractivity contribution in [3.8, 4) is 0 Å². The van der Waals surface area contributed by atoms with E-state index in [1.807, 2.05) is 17.6 Å². The van der Waals surface area contributed by atoms with Gasteiger partial charge >= 0.3 is 0 Å². The molecule has 2 rings (SSSR count). The minimum absolute atomic E-state index is 0.0259. The summed E-state index contributed by atoms with van der Waals surface area (Å²) in [6.07, 6.45) is 2.10. The van der Waals surface area contributed by atoms with Crippen LogP contribution >= 0.6 is 11.6 Å². The van der Waals surface area contributed by atoms with Gasteiger partial charge in [0.15, 0.2) is 5.65 Å². The van der Waals surface area contributed by atoms with E-state index in [1.54, 1.807) is 13.3 Å². The van der Waals surface area contributed by atoms with E-state index in [0.717, 1.165) is 22.6 Å². The number of aryl methyl sites for hydroxylation is 2. The van der Waals surface area contributed by atoms with Crippen LogP contribution in [0.1, 0.15) is 17.8 Å². The van der Waals surface area contributed by atoms with E-state index in [2.05, 4.69) is 15.3 Å². The fourth-order valence-corrected chi connectivity index (χ4v) is 2.32. The van der Waals surface area contributed by atoms with Gasteiger partial charge in [-0.25, -0.2) is 9.97 Å². The van der Waals surface area contributed by atoms with Gasteiger partial charge in [0.2, 0.25) is 5.91 Å². The van der Waals surface area contributed by atoms with Gasteiger partial charge in [0.1, 0.15) is 11.3 Å². The lowest BCUT2D eigenvalue weighted by Crippen LogP contribution is -2.27. The molecule has 0 spiro atoms. The van der Waals surface area contributed by atoms with Crippen molar-refractivity contribution in [2.45, 2.75) is 25.8 Å². The molecule has 1 amide bonds. The number of rotatable bonds is 7. The molecule has 0 saturated heterocycles. The fraction of sp³-hybridized carbons (Fsp3) is 0.500. The summed E-state index contributed by atoms with van der Waals surface area (Å²) >= 11 is 5.95. The third kappa shape index (κ3) is 3.71. The number of methoxy groups -OCH3 is 1. The highest BCUT2D eigenvalue weighted by Crippen LogP contribution is 2.18. The van der Waals surface area contributed by atoms with E-state index in [1.165, 1.54) is 0 Å². The van der Waals surface area contributed by atoms with Gasteiger partial charge in [-0.05, 0) is 18.6 Å². The maximum absolute atomic E-state index is 11.8. The molecule has 0 aromatic carbocycles. The second-order valence-corrected chi connectivity index (χ2v) is 4.97. The molecule has 0 aliphatic carbocycles. The van der Waals surface area contributed by atoms with Gasteiger partial charge in [-0.3, -0.25) is 4.79 Å². The van der Waals surface area contributed by atoms with E-state index in [9.17, 15) is 4.79 Å². The van der Waals surface area contributed by atoms with Gasteiger partial charge in [-0.15, -0.1) is 11.6 Å². The first-order chi connectivity index (χ1) is 10.2. The Bertz CT molecular complexity index is 627. The molecule has 6 nitrogen and oxygen atoms in total. The summed E-state index contributed by atoms with van der Waals surface area (Å²) in [7, 11) is 1.60. The minimum atomic E-state index is -0.0259. The van der Waals surface area contributed by atoms with E-state index in [0.29, 0.717) is 32.0 Å². The van der Waals surface area contributed by atoms with Crippen molar-refractivity contribution in [1.82, 2.24) is 19.9 Å². The molecule has 0 aliphatic rings. The van der Waals surface area contributed by atoms with Crippen LogP contribution in [0, 0.1) is 6.92 Å². The van der Waals surface area contributed by atoms with Gasteiger partial charge in [-0.1, -0.05) is 0 Å². The first-order valence-corrected chi connectivity index (χ1v) is 7.33. The number of hydrogen-bond acceptors (Lipinski definition) is 4. The Morgan fingerprint density at radius 1 is 1.52 bits per heavy atom. The molecule has 2 heterocycles. The average Bonchev–Trinajstić information content (AvgIpc) is 2.85. The van der Waals surface area contributed by atoms with Crippen molar-refractivity contribution in [2.75, 3.05) is 20.3 Å². The minimum Gasteiger partial charge on any atom is -0.383 e. The van der Waals surface area contributed by atoms with Crippen molar-refractivity contribution in [3.63, 3.8) is 0 Å². The SMILES string of the molecule is COCCNC(=O)CCn1c(CCl)nc2c(C)ccnc21. The number of alkyl halides is 1. The van der Waals surface area contributed by atoms with Crippen LogP contribution in [0.25, 0.3) is 11.2 Å².